The van der Waals surface area contributed by atoms with Crippen LogP contribution in [-0.4, -0.2) is 15.5 Å². The Hall–Kier alpha value is -2.21. The van der Waals surface area contributed by atoms with Crippen molar-refractivity contribution in [2.75, 3.05) is 5.32 Å². The molecule has 0 saturated heterocycles. The summed E-state index contributed by atoms with van der Waals surface area (Å²) in [5, 5.41) is 2.91. The number of carbonyl (C=O) groups excluding carboxylic acids is 1. The molecule has 1 aliphatic heterocycles. The number of halogens is 1. The van der Waals surface area contributed by atoms with Crippen molar-refractivity contribution in [2.45, 2.75) is 44.2 Å². The number of nitrogens with zero attached hydrogens (tertiary/aromatic N) is 2. The number of anilines is 1. The van der Waals surface area contributed by atoms with E-state index >= 15 is 0 Å². The lowest BCUT2D eigenvalue weighted by atomic mass is 9.92. The van der Waals surface area contributed by atoms with Gasteiger partial charge < -0.3 is 15.6 Å². The van der Waals surface area contributed by atoms with Crippen molar-refractivity contribution in [1.82, 2.24) is 9.55 Å². The summed E-state index contributed by atoms with van der Waals surface area (Å²) in [6, 6.07) is 4.77. The lowest BCUT2D eigenvalue weighted by Gasteiger charge is -2.25. The molecule has 0 radical (unpaired) electrons. The van der Waals surface area contributed by atoms with Gasteiger partial charge in [-0.3, -0.25) is 4.79 Å². The molecule has 1 amide bonds. The number of amides is 1. The van der Waals surface area contributed by atoms with Gasteiger partial charge in [-0.2, -0.15) is 0 Å². The van der Waals surface area contributed by atoms with Gasteiger partial charge in [-0.1, -0.05) is 12.1 Å². The van der Waals surface area contributed by atoms with Gasteiger partial charge in [-0.25, -0.2) is 9.37 Å². The van der Waals surface area contributed by atoms with Crippen molar-refractivity contribution in [1.29, 1.82) is 0 Å². The predicted molar refractivity (Wildman–Crippen MR) is 84.4 cm³/mol. The lowest BCUT2D eigenvalue weighted by molar-refractivity contribution is -0.121. The minimum Gasteiger partial charge on any atom is -0.315 e. The first-order chi connectivity index (χ1) is 11.1. The van der Waals surface area contributed by atoms with E-state index in [1.165, 1.54) is 6.07 Å². The zero-order valence-corrected chi connectivity index (χ0v) is 12.8. The smallest absolute Gasteiger partial charge is 0.250 e. The highest BCUT2D eigenvalue weighted by molar-refractivity contribution is 5.99. The number of aromatic nitrogens is 2. The van der Waals surface area contributed by atoms with Gasteiger partial charge in [0.05, 0.1) is 6.20 Å². The topological polar surface area (TPSA) is 72.9 Å². The normalized spacial score (nSPS) is 22.5. The molecular weight excluding hydrogens is 295 g/mol. The molecule has 1 unspecified atom stereocenters. The first-order valence-electron chi connectivity index (χ1n) is 8.02. The van der Waals surface area contributed by atoms with E-state index in [2.05, 4.69) is 10.3 Å². The summed E-state index contributed by atoms with van der Waals surface area (Å²) in [6.07, 6.45) is 5.71. The zero-order chi connectivity index (χ0) is 16.0. The van der Waals surface area contributed by atoms with Crippen LogP contribution in [0.25, 0.3) is 0 Å². The Bertz CT molecular complexity index is 785. The maximum atomic E-state index is 13.9. The SMILES string of the molecule is NC1(C(=O)Nc2cnc3n2CCCC3)CCc2c(F)cccc21. The van der Waals surface area contributed by atoms with Gasteiger partial charge in [0.1, 0.15) is 23.0 Å². The molecule has 0 saturated carbocycles. The molecule has 23 heavy (non-hydrogen) atoms. The summed E-state index contributed by atoms with van der Waals surface area (Å²) >= 11 is 0. The Morgan fingerprint density at radius 1 is 1.35 bits per heavy atom. The van der Waals surface area contributed by atoms with Crippen LogP contribution in [0.4, 0.5) is 10.2 Å². The summed E-state index contributed by atoms with van der Waals surface area (Å²) in [5.41, 5.74) is 6.33. The highest BCUT2D eigenvalue weighted by Gasteiger charge is 2.43. The molecule has 1 aromatic heterocycles. The van der Waals surface area contributed by atoms with E-state index in [0.717, 1.165) is 31.6 Å². The Kier molecular flexibility index (Phi) is 3.23. The van der Waals surface area contributed by atoms with Crippen LogP contribution in [0.2, 0.25) is 0 Å². The molecule has 1 atom stereocenters. The second-order valence-electron chi connectivity index (χ2n) is 6.36. The third kappa shape index (κ3) is 2.16. The molecule has 0 spiro atoms. The number of hydrogen-bond acceptors (Lipinski definition) is 3. The number of nitrogens with one attached hydrogen (secondary N) is 1. The molecule has 1 aliphatic carbocycles. The molecule has 2 heterocycles. The van der Waals surface area contributed by atoms with Crippen LogP contribution >= 0.6 is 0 Å². The Morgan fingerprint density at radius 3 is 3.09 bits per heavy atom. The standard InChI is InChI=1S/C17H19FN4O/c18-13-5-3-4-12-11(13)7-8-17(12,19)16(23)21-15-10-20-14-6-1-2-9-22(14)15/h3-5,10H,1-2,6-9,19H2,(H,21,23). The molecule has 5 nitrogen and oxygen atoms in total. The van der Waals surface area contributed by atoms with Crippen LogP contribution in [0.1, 0.15) is 36.2 Å². The summed E-state index contributed by atoms with van der Waals surface area (Å²) < 4.78 is 15.9. The average Bonchev–Trinajstić information content (AvgIpc) is 3.12. The van der Waals surface area contributed by atoms with E-state index in [-0.39, 0.29) is 11.7 Å². The molecule has 1 aromatic carbocycles. The highest BCUT2D eigenvalue weighted by Crippen LogP contribution is 2.37. The minimum atomic E-state index is -1.18. The van der Waals surface area contributed by atoms with E-state index in [9.17, 15) is 9.18 Å². The van der Waals surface area contributed by atoms with Crippen LogP contribution in [-0.2, 0) is 29.7 Å². The molecule has 120 valence electrons. The highest BCUT2D eigenvalue weighted by atomic mass is 19.1. The van der Waals surface area contributed by atoms with Crippen molar-refractivity contribution in [3.8, 4) is 0 Å². The largest absolute Gasteiger partial charge is 0.315 e. The Labute approximate surface area is 133 Å². The van der Waals surface area contributed by atoms with E-state index < -0.39 is 5.54 Å². The summed E-state index contributed by atoms with van der Waals surface area (Å²) in [6.45, 7) is 0.855. The van der Waals surface area contributed by atoms with Crippen LogP contribution < -0.4 is 11.1 Å². The van der Waals surface area contributed by atoms with Gasteiger partial charge in [0.25, 0.3) is 0 Å². The molecule has 6 heteroatoms. The van der Waals surface area contributed by atoms with Crippen molar-refractivity contribution < 1.29 is 9.18 Å². The molecule has 3 N–H and O–H groups in total. The third-order valence-corrected chi connectivity index (χ3v) is 4.99. The van der Waals surface area contributed by atoms with Gasteiger partial charge in [-0.15, -0.1) is 0 Å². The van der Waals surface area contributed by atoms with Crippen LogP contribution in [0.5, 0.6) is 0 Å². The quantitative estimate of drug-likeness (QED) is 0.891. The van der Waals surface area contributed by atoms with E-state index in [0.29, 0.717) is 29.8 Å². The number of rotatable bonds is 2. The van der Waals surface area contributed by atoms with Gasteiger partial charge >= 0.3 is 0 Å². The second kappa shape index (κ2) is 5.16. The number of aryl methyl sites for hydroxylation is 1. The summed E-state index contributed by atoms with van der Waals surface area (Å²) in [4.78, 5) is 17.2. The van der Waals surface area contributed by atoms with Crippen molar-refractivity contribution in [3.63, 3.8) is 0 Å². The lowest BCUT2D eigenvalue weighted by Crippen LogP contribution is -2.46. The van der Waals surface area contributed by atoms with Gasteiger partial charge in [0.15, 0.2) is 0 Å². The number of benzene rings is 1. The van der Waals surface area contributed by atoms with Crippen molar-refractivity contribution in [3.05, 3.63) is 47.2 Å². The monoisotopic (exact) mass is 314 g/mol. The predicted octanol–water partition coefficient (Wildman–Crippen LogP) is 2.10. The Balaban J connectivity index is 1.64. The molecule has 2 aromatic rings. The first kappa shape index (κ1) is 14.4. The fraction of sp³-hybridized carbons (Fsp3) is 0.412. The zero-order valence-electron chi connectivity index (χ0n) is 12.8. The van der Waals surface area contributed by atoms with Gasteiger partial charge in [0.2, 0.25) is 5.91 Å². The number of nitrogens with two attached hydrogens (primary N) is 1. The Morgan fingerprint density at radius 2 is 2.22 bits per heavy atom. The van der Waals surface area contributed by atoms with E-state index in [1.807, 2.05) is 4.57 Å². The maximum Gasteiger partial charge on any atom is 0.250 e. The van der Waals surface area contributed by atoms with Crippen molar-refractivity contribution in [2.24, 2.45) is 5.73 Å². The fourth-order valence-electron chi connectivity index (χ4n) is 3.67. The van der Waals surface area contributed by atoms with E-state index in [1.54, 1.807) is 18.3 Å². The summed E-state index contributed by atoms with van der Waals surface area (Å²) in [7, 11) is 0. The first-order valence-corrected chi connectivity index (χ1v) is 8.02. The molecule has 2 aliphatic rings. The van der Waals surface area contributed by atoms with Gasteiger partial charge in [-0.05, 0) is 42.9 Å². The fourth-order valence-corrected chi connectivity index (χ4v) is 3.67. The number of hydrogen-bond donors (Lipinski definition) is 2. The second-order valence-corrected chi connectivity index (χ2v) is 6.36. The molecular formula is C17H19FN4O. The third-order valence-electron chi connectivity index (χ3n) is 4.99. The van der Waals surface area contributed by atoms with Crippen LogP contribution in [0.15, 0.2) is 24.4 Å². The number of fused-ring (bicyclic) bond motifs is 2. The molecule has 0 fully saturated rings. The van der Waals surface area contributed by atoms with Crippen LogP contribution in [0.3, 0.4) is 0 Å². The van der Waals surface area contributed by atoms with Crippen molar-refractivity contribution >= 4 is 11.7 Å². The molecule has 0 bridgehead atoms. The van der Waals surface area contributed by atoms with Crippen LogP contribution in [0, 0.1) is 5.82 Å². The minimum absolute atomic E-state index is 0.288. The summed E-state index contributed by atoms with van der Waals surface area (Å²) in [5.74, 6) is 1.09. The van der Waals surface area contributed by atoms with Gasteiger partial charge in [0, 0.05) is 13.0 Å². The number of carbonyl (C=O) groups is 1. The maximum absolute atomic E-state index is 13.9. The van der Waals surface area contributed by atoms with E-state index in [4.69, 9.17) is 5.73 Å². The average molecular weight is 314 g/mol. The number of imidazole rings is 1. The molecule has 4 rings (SSSR count).